The van der Waals surface area contributed by atoms with E-state index < -0.39 is 11.6 Å². The van der Waals surface area contributed by atoms with Crippen molar-refractivity contribution in [2.75, 3.05) is 26.7 Å². The Morgan fingerprint density at radius 2 is 2.04 bits per heavy atom. The molecule has 6 heteroatoms. The van der Waals surface area contributed by atoms with E-state index in [1.807, 2.05) is 11.9 Å². The van der Waals surface area contributed by atoms with Gasteiger partial charge in [-0.2, -0.15) is 0 Å². The first kappa shape index (κ1) is 18.1. The van der Waals surface area contributed by atoms with E-state index in [1.165, 1.54) is 18.2 Å². The Morgan fingerprint density at radius 3 is 2.70 bits per heavy atom. The Labute approximate surface area is 141 Å². The van der Waals surface area contributed by atoms with Gasteiger partial charge in [0.15, 0.2) is 0 Å². The van der Waals surface area contributed by atoms with E-state index in [4.69, 9.17) is 0 Å². The number of nitrogens with zero attached hydrogens (tertiary/aromatic N) is 1. The summed E-state index contributed by atoms with van der Waals surface area (Å²) in [6.07, 6.45) is 2.69. The molecule has 2 aliphatic rings. The Balaban J connectivity index is 0.00000192. The summed E-state index contributed by atoms with van der Waals surface area (Å²) >= 11 is 0. The maximum absolute atomic E-state index is 13.8. The highest BCUT2D eigenvalue weighted by atomic mass is 35.5. The van der Waals surface area contributed by atoms with Crippen LogP contribution in [0.25, 0.3) is 0 Å². The molecule has 0 spiro atoms. The standard InChI is InChI=1S/C17H22F2N2O.ClH/c1-20-9-11-4-3-7-21(10-11)17(22)13-8-12(13)16-14(18)5-2-6-15(16)19;/h2,5-6,11-13,20H,3-4,7-10H2,1H3;1H. The highest BCUT2D eigenvalue weighted by Gasteiger charge is 2.48. The number of likely N-dealkylation sites (tertiary alicyclic amines) is 1. The van der Waals surface area contributed by atoms with Crippen LogP contribution in [0.1, 0.15) is 30.7 Å². The van der Waals surface area contributed by atoms with Crippen LogP contribution >= 0.6 is 12.4 Å². The minimum Gasteiger partial charge on any atom is -0.342 e. The van der Waals surface area contributed by atoms with Gasteiger partial charge in [0.1, 0.15) is 11.6 Å². The van der Waals surface area contributed by atoms with Crippen LogP contribution in [-0.2, 0) is 4.79 Å². The fourth-order valence-corrected chi connectivity index (χ4v) is 3.61. The van der Waals surface area contributed by atoms with Crippen molar-refractivity contribution in [2.24, 2.45) is 11.8 Å². The Kier molecular flexibility index (Phi) is 5.98. The summed E-state index contributed by atoms with van der Waals surface area (Å²) in [4.78, 5) is 14.5. The summed E-state index contributed by atoms with van der Waals surface area (Å²) in [6.45, 7) is 2.42. The average Bonchev–Trinajstić information content (AvgIpc) is 3.27. The van der Waals surface area contributed by atoms with Gasteiger partial charge >= 0.3 is 0 Å². The first-order valence-corrected chi connectivity index (χ1v) is 7.99. The third-order valence-corrected chi connectivity index (χ3v) is 4.80. The van der Waals surface area contributed by atoms with Gasteiger partial charge in [0.2, 0.25) is 5.91 Å². The SMILES string of the molecule is CNCC1CCCN(C(=O)C2CC2c2c(F)cccc2F)C1.Cl. The molecule has 3 atom stereocenters. The fourth-order valence-electron chi connectivity index (χ4n) is 3.61. The molecule has 0 bridgehead atoms. The predicted molar refractivity (Wildman–Crippen MR) is 87.7 cm³/mol. The van der Waals surface area contributed by atoms with Crippen molar-refractivity contribution in [1.82, 2.24) is 10.2 Å². The first-order chi connectivity index (χ1) is 10.6. The monoisotopic (exact) mass is 344 g/mol. The molecule has 3 unspecified atom stereocenters. The summed E-state index contributed by atoms with van der Waals surface area (Å²) in [5.41, 5.74) is 0.0876. The number of rotatable bonds is 4. The number of hydrogen-bond acceptors (Lipinski definition) is 2. The van der Waals surface area contributed by atoms with Gasteiger partial charge in [0.05, 0.1) is 0 Å². The molecule has 1 heterocycles. The average molecular weight is 345 g/mol. The lowest BCUT2D eigenvalue weighted by molar-refractivity contribution is -0.134. The molecule has 2 fully saturated rings. The lowest BCUT2D eigenvalue weighted by Gasteiger charge is -2.33. The van der Waals surface area contributed by atoms with Crippen molar-refractivity contribution in [3.8, 4) is 0 Å². The number of halogens is 3. The van der Waals surface area contributed by atoms with Gasteiger partial charge in [0, 0.05) is 30.5 Å². The molecular formula is C17H23ClF2N2O. The Bertz CT molecular complexity index is 547. The van der Waals surface area contributed by atoms with Crippen LogP contribution < -0.4 is 5.32 Å². The number of carbonyl (C=O) groups excluding carboxylic acids is 1. The summed E-state index contributed by atoms with van der Waals surface area (Å²) in [7, 11) is 1.92. The van der Waals surface area contributed by atoms with Gasteiger partial charge in [-0.1, -0.05) is 6.07 Å². The molecule has 1 aliphatic heterocycles. The zero-order valence-corrected chi connectivity index (χ0v) is 14.0. The van der Waals surface area contributed by atoms with Crippen molar-refractivity contribution in [3.05, 3.63) is 35.4 Å². The second-order valence-electron chi connectivity index (χ2n) is 6.43. The van der Waals surface area contributed by atoms with Gasteiger partial charge in [-0.15, -0.1) is 12.4 Å². The molecule has 23 heavy (non-hydrogen) atoms. The minimum absolute atomic E-state index is 0. The van der Waals surface area contributed by atoms with Gasteiger partial charge in [-0.05, 0) is 50.9 Å². The van der Waals surface area contributed by atoms with E-state index in [1.54, 1.807) is 0 Å². The minimum atomic E-state index is -0.535. The molecule has 3 nitrogen and oxygen atoms in total. The molecular weight excluding hydrogens is 322 g/mol. The number of hydrogen-bond donors (Lipinski definition) is 1. The largest absolute Gasteiger partial charge is 0.342 e. The third kappa shape index (κ3) is 3.83. The number of amides is 1. The van der Waals surface area contributed by atoms with Crippen LogP contribution in [0.15, 0.2) is 18.2 Å². The Hall–Kier alpha value is -1.20. The van der Waals surface area contributed by atoms with Crippen LogP contribution in [-0.4, -0.2) is 37.5 Å². The van der Waals surface area contributed by atoms with Crippen LogP contribution in [0.5, 0.6) is 0 Å². The summed E-state index contributed by atoms with van der Waals surface area (Å²) in [5.74, 6) is -1.07. The zero-order chi connectivity index (χ0) is 15.7. The van der Waals surface area contributed by atoms with Crippen molar-refractivity contribution >= 4 is 18.3 Å². The van der Waals surface area contributed by atoms with Crippen molar-refractivity contribution in [3.63, 3.8) is 0 Å². The van der Waals surface area contributed by atoms with E-state index in [9.17, 15) is 13.6 Å². The summed E-state index contributed by atoms with van der Waals surface area (Å²) in [6, 6.07) is 3.89. The summed E-state index contributed by atoms with van der Waals surface area (Å²) in [5, 5.41) is 3.15. The first-order valence-electron chi connectivity index (χ1n) is 7.99. The van der Waals surface area contributed by atoms with Crippen LogP contribution in [0.4, 0.5) is 8.78 Å². The molecule has 1 N–H and O–H groups in total. The lowest BCUT2D eigenvalue weighted by atomic mass is 9.97. The smallest absolute Gasteiger partial charge is 0.226 e. The number of carbonyl (C=O) groups is 1. The van der Waals surface area contributed by atoms with Gasteiger partial charge in [-0.25, -0.2) is 8.78 Å². The molecule has 1 saturated carbocycles. The normalized spacial score (nSPS) is 26.6. The molecule has 1 aromatic carbocycles. The van der Waals surface area contributed by atoms with Crippen molar-refractivity contribution < 1.29 is 13.6 Å². The van der Waals surface area contributed by atoms with E-state index >= 15 is 0 Å². The molecule has 3 rings (SSSR count). The molecule has 1 amide bonds. The van der Waals surface area contributed by atoms with Gasteiger partial charge < -0.3 is 10.2 Å². The van der Waals surface area contributed by atoms with Crippen LogP contribution in [0.3, 0.4) is 0 Å². The van der Waals surface area contributed by atoms with E-state index in [2.05, 4.69) is 5.32 Å². The van der Waals surface area contributed by atoms with Crippen LogP contribution in [0.2, 0.25) is 0 Å². The predicted octanol–water partition coefficient (Wildman–Crippen LogP) is 2.95. The second kappa shape index (κ2) is 7.58. The molecule has 128 valence electrons. The summed E-state index contributed by atoms with van der Waals surface area (Å²) < 4.78 is 27.6. The Morgan fingerprint density at radius 1 is 1.35 bits per heavy atom. The topological polar surface area (TPSA) is 32.3 Å². The highest BCUT2D eigenvalue weighted by Crippen LogP contribution is 2.50. The second-order valence-corrected chi connectivity index (χ2v) is 6.43. The number of benzene rings is 1. The maximum Gasteiger partial charge on any atom is 0.226 e. The van der Waals surface area contributed by atoms with Gasteiger partial charge in [0.25, 0.3) is 0 Å². The van der Waals surface area contributed by atoms with Crippen molar-refractivity contribution in [2.45, 2.75) is 25.2 Å². The van der Waals surface area contributed by atoms with Gasteiger partial charge in [-0.3, -0.25) is 4.79 Å². The molecule has 0 aromatic heterocycles. The van der Waals surface area contributed by atoms with E-state index in [0.717, 1.165) is 32.5 Å². The number of piperidine rings is 1. The fraction of sp³-hybridized carbons (Fsp3) is 0.588. The third-order valence-electron chi connectivity index (χ3n) is 4.80. The molecule has 0 radical (unpaired) electrons. The molecule has 1 aliphatic carbocycles. The quantitative estimate of drug-likeness (QED) is 0.910. The van der Waals surface area contributed by atoms with Crippen LogP contribution in [0, 0.1) is 23.5 Å². The van der Waals surface area contributed by atoms with E-state index in [0.29, 0.717) is 12.3 Å². The number of nitrogens with one attached hydrogen (secondary N) is 1. The highest BCUT2D eigenvalue weighted by molar-refractivity contribution is 5.85. The lowest BCUT2D eigenvalue weighted by Crippen LogP contribution is -2.43. The van der Waals surface area contributed by atoms with E-state index in [-0.39, 0.29) is 35.7 Å². The maximum atomic E-state index is 13.8. The molecule has 1 aromatic rings. The zero-order valence-electron chi connectivity index (χ0n) is 13.2. The van der Waals surface area contributed by atoms with Crippen molar-refractivity contribution in [1.29, 1.82) is 0 Å². The molecule has 1 saturated heterocycles.